The van der Waals surface area contributed by atoms with Gasteiger partial charge < -0.3 is 4.74 Å². The maximum absolute atomic E-state index is 10.9. The third-order valence-electron chi connectivity index (χ3n) is 1.72. The second-order valence-corrected chi connectivity index (χ2v) is 4.91. The van der Waals surface area contributed by atoms with Gasteiger partial charge in [0.2, 0.25) is 0 Å². The first kappa shape index (κ1) is 12.5. The highest BCUT2D eigenvalue weighted by Gasteiger charge is 2.05. The van der Waals surface area contributed by atoms with Crippen molar-refractivity contribution in [2.45, 2.75) is 18.4 Å². The van der Waals surface area contributed by atoms with Crippen molar-refractivity contribution in [2.24, 2.45) is 0 Å². The van der Waals surface area contributed by atoms with E-state index in [9.17, 15) is 4.79 Å². The SMILES string of the molecule is COC(=O)CCSc1ncc(C)cc1Br. The summed E-state index contributed by atoms with van der Waals surface area (Å²) < 4.78 is 5.52. The van der Waals surface area contributed by atoms with E-state index in [1.807, 2.05) is 19.2 Å². The zero-order chi connectivity index (χ0) is 11.3. The highest BCUT2D eigenvalue weighted by atomic mass is 79.9. The molecule has 0 aliphatic rings. The van der Waals surface area contributed by atoms with Gasteiger partial charge in [0.1, 0.15) is 5.03 Å². The standard InChI is InChI=1S/C10H12BrNO2S/c1-7-5-8(11)10(12-6-7)15-4-3-9(13)14-2/h5-6H,3-4H2,1-2H3. The van der Waals surface area contributed by atoms with Crippen LogP contribution in [0.25, 0.3) is 0 Å². The Kier molecular flexibility index (Phi) is 5.11. The molecule has 5 heteroatoms. The molecule has 0 aromatic carbocycles. The van der Waals surface area contributed by atoms with Gasteiger partial charge in [0.25, 0.3) is 0 Å². The van der Waals surface area contributed by atoms with Crippen molar-refractivity contribution in [3.63, 3.8) is 0 Å². The maximum Gasteiger partial charge on any atom is 0.306 e. The van der Waals surface area contributed by atoms with Gasteiger partial charge in [-0.25, -0.2) is 4.98 Å². The van der Waals surface area contributed by atoms with Crippen molar-refractivity contribution < 1.29 is 9.53 Å². The average Bonchev–Trinajstić information content (AvgIpc) is 2.21. The Morgan fingerprint density at radius 3 is 3.00 bits per heavy atom. The number of pyridine rings is 1. The van der Waals surface area contributed by atoms with Crippen LogP contribution < -0.4 is 0 Å². The molecule has 0 aliphatic carbocycles. The Balaban J connectivity index is 2.47. The van der Waals surface area contributed by atoms with Gasteiger partial charge in [-0.15, -0.1) is 11.8 Å². The molecular formula is C10H12BrNO2S. The first-order chi connectivity index (χ1) is 7.13. The first-order valence-electron chi connectivity index (χ1n) is 4.45. The number of aromatic nitrogens is 1. The van der Waals surface area contributed by atoms with Crippen LogP contribution in [0.1, 0.15) is 12.0 Å². The van der Waals surface area contributed by atoms with E-state index in [0.29, 0.717) is 12.2 Å². The molecule has 0 saturated carbocycles. The number of halogens is 1. The summed E-state index contributed by atoms with van der Waals surface area (Å²) in [6, 6.07) is 2.01. The smallest absolute Gasteiger partial charge is 0.306 e. The zero-order valence-electron chi connectivity index (χ0n) is 8.62. The highest BCUT2D eigenvalue weighted by Crippen LogP contribution is 2.26. The second kappa shape index (κ2) is 6.12. The molecule has 1 heterocycles. The summed E-state index contributed by atoms with van der Waals surface area (Å²) in [7, 11) is 1.40. The lowest BCUT2D eigenvalue weighted by molar-refractivity contribution is -0.140. The van der Waals surface area contributed by atoms with E-state index in [-0.39, 0.29) is 5.97 Å². The van der Waals surface area contributed by atoms with Gasteiger partial charge in [-0.3, -0.25) is 4.79 Å². The molecule has 0 atom stereocenters. The van der Waals surface area contributed by atoms with Gasteiger partial charge in [0.15, 0.2) is 0 Å². The monoisotopic (exact) mass is 289 g/mol. The number of nitrogens with zero attached hydrogens (tertiary/aromatic N) is 1. The molecule has 82 valence electrons. The normalized spacial score (nSPS) is 10.1. The van der Waals surface area contributed by atoms with E-state index in [4.69, 9.17) is 0 Å². The molecule has 0 fully saturated rings. The lowest BCUT2D eigenvalue weighted by Gasteiger charge is -2.03. The number of hydrogen-bond acceptors (Lipinski definition) is 4. The van der Waals surface area contributed by atoms with Crippen LogP contribution in [0.2, 0.25) is 0 Å². The number of hydrogen-bond donors (Lipinski definition) is 0. The predicted molar refractivity (Wildman–Crippen MR) is 64.0 cm³/mol. The van der Waals surface area contributed by atoms with Crippen LogP contribution in [0.5, 0.6) is 0 Å². The molecule has 0 amide bonds. The highest BCUT2D eigenvalue weighted by molar-refractivity contribution is 9.10. The molecule has 0 radical (unpaired) electrons. The van der Waals surface area contributed by atoms with Crippen LogP contribution in [0.15, 0.2) is 21.8 Å². The Morgan fingerprint density at radius 1 is 1.67 bits per heavy atom. The minimum Gasteiger partial charge on any atom is -0.469 e. The average molecular weight is 290 g/mol. The Labute approximate surface area is 102 Å². The van der Waals surface area contributed by atoms with E-state index in [1.54, 1.807) is 11.8 Å². The van der Waals surface area contributed by atoms with Crippen molar-refractivity contribution >= 4 is 33.7 Å². The summed E-state index contributed by atoms with van der Waals surface area (Å²) in [4.78, 5) is 15.1. The Bertz CT molecular complexity index is 357. The fourth-order valence-electron chi connectivity index (χ4n) is 0.960. The van der Waals surface area contributed by atoms with E-state index in [0.717, 1.165) is 15.1 Å². The minimum atomic E-state index is -0.189. The number of carbonyl (C=O) groups excluding carboxylic acids is 1. The van der Waals surface area contributed by atoms with Crippen LogP contribution in [0, 0.1) is 6.92 Å². The molecule has 0 N–H and O–H groups in total. The van der Waals surface area contributed by atoms with Gasteiger partial charge in [-0.1, -0.05) is 0 Å². The molecule has 15 heavy (non-hydrogen) atoms. The molecule has 1 aromatic rings. The molecule has 1 aromatic heterocycles. The zero-order valence-corrected chi connectivity index (χ0v) is 11.0. The number of ether oxygens (including phenoxy) is 1. The summed E-state index contributed by atoms with van der Waals surface area (Å²) in [5, 5.41) is 0.907. The molecule has 0 bridgehead atoms. The summed E-state index contributed by atoms with van der Waals surface area (Å²) in [6.07, 6.45) is 2.22. The third-order valence-corrected chi connectivity index (χ3v) is 3.59. The van der Waals surface area contributed by atoms with E-state index < -0.39 is 0 Å². The fourth-order valence-corrected chi connectivity index (χ4v) is 2.55. The van der Waals surface area contributed by atoms with Crippen LogP contribution >= 0.6 is 27.7 Å². The third kappa shape index (κ3) is 4.22. The molecule has 3 nitrogen and oxygen atoms in total. The Morgan fingerprint density at radius 2 is 2.40 bits per heavy atom. The van der Waals surface area contributed by atoms with Gasteiger partial charge >= 0.3 is 5.97 Å². The van der Waals surface area contributed by atoms with E-state index in [1.165, 1.54) is 7.11 Å². The predicted octanol–water partition coefficient (Wildman–Crippen LogP) is 2.81. The van der Waals surface area contributed by atoms with E-state index >= 15 is 0 Å². The van der Waals surface area contributed by atoms with Crippen molar-refractivity contribution in [1.29, 1.82) is 0 Å². The second-order valence-electron chi connectivity index (χ2n) is 2.97. The molecule has 0 spiro atoms. The van der Waals surface area contributed by atoms with Gasteiger partial charge in [0.05, 0.1) is 18.0 Å². The largest absolute Gasteiger partial charge is 0.469 e. The van der Waals surface area contributed by atoms with E-state index in [2.05, 4.69) is 25.7 Å². The molecule has 0 saturated heterocycles. The lowest BCUT2D eigenvalue weighted by atomic mass is 10.3. The first-order valence-corrected chi connectivity index (χ1v) is 6.23. The Hall–Kier alpha value is -0.550. The van der Waals surface area contributed by atoms with Crippen LogP contribution in [0.4, 0.5) is 0 Å². The van der Waals surface area contributed by atoms with Crippen molar-refractivity contribution in [3.8, 4) is 0 Å². The summed E-state index contributed by atoms with van der Waals surface area (Å²) in [5.41, 5.74) is 1.11. The number of methoxy groups -OCH3 is 1. The molecular weight excluding hydrogens is 278 g/mol. The molecule has 1 rings (SSSR count). The van der Waals surface area contributed by atoms with Crippen molar-refractivity contribution in [1.82, 2.24) is 4.98 Å². The number of aryl methyl sites for hydroxylation is 1. The fraction of sp³-hybridized carbons (Fsp3) is 0.400. The molecule has 0 unspecified atom stereocenters. The quantitative estimate of drug-likeness (QED) is 0.631. The lowest BCUT2D eigenvalue weighted by Crippen LogP contribution is -2.01. The van der Waals surface area contributed by atoms with Crippen LogP contribution in [-0.2, 0) is 9.53 Å². The number of carbonyl (C=O) groups is 1. The van der Waals surface area contributed by atoms with Crippen LogP contribution in [0.3, 0.4) is 0 Å². The van der Waals surface area contributed by atoms with Gasteiger partial charge in [0, 0.05) is 11.9 Å². The number of thioether (sulfide) groups is 1. The molecule has 0 aliphatic heterocycles. The van der Waals surface area contributed by atoms with Crippen molar-refractivity contribution in [2.75, 3.05) is 12.9 Å². The van der Waals surface area contributed by atoms with Crippen LogP contribution in [-0.4, -0.2) is 23.8 Å². The number of rotatable bonds is 4. The van der Waals surface area contributed by atoms with Crippen molar-refractivity contribution in [3.05, 3.63) is 22.3 Å². The van der Waals surface area contributed by atoms with Gasteiger partial charge in [-0.05, 0) is 34.5 Å². The summed E-state index contributed by atoms with van der Waals surface area (Å²) in [6.45, 7) is 1.99. The number of esters is 1. The van der Waals surface area contributed by atoms with Gasteiger partial charge in [-0.2, -0.15) is 0 Å². The summed E-state index contributed by atoms with van der Waals surface area (Å²) >= 11 is 4.97. The topological polar surface area (TPSA) is 39.2 Å². The maximum atomic E-state index is 10.9. The minimum absolute atomic E-state index is 0.189. The summed E-state index contributed by atoms with van der Waals surface area (Å²) in [5.74, 6) is 0.493.